The van der Waals surface area contributed by atoms with Gasteiger partial charge in [-0.2, -0.15) is 0 Å². The van der Waals surface area contributed by atoms with E-state index in [4.69, 9.17) is 5.11 Å². The maximum Gasteiger partial charge on any atom is 0.307 e. The van der Waals surface area contributed by atoms with Crippen molar-refractivity contribution >= 4 is 11.9 Å². The number of hydrogen-bond donors (Lipinski definition) is 2. The second kappa shape index (κ2) is 7.05. The Labute approximate surface area is 146 Å². The van der Waals surface area contributed by atoms with E-state index in [9.17, 15) is 14.7 Å². The zero-order valence-electron chi connectivity index (χ0n) is 15.7. The maximum atomic E-state index is 11.8. The number of rotatable bonds is 6. The number of carboxylic acid groups (broad SMARTS) is 2. The third kappa shape index (κ3) is 3.48. The van der Waals surface area contributed by atoms with E-state index in [2.05, 4.69) is 20.8 Å². The molecule has 4 heteroatoms. The predicted molar refractivity (Wildman–Crippen MR) is 93.7 cm³/mol. The van der Waals surface area contributed by atoms with E-state index in [1.165, 1.54) is 0 Å². The minimum Gasteiger partial charge on any atom is -0.481 e. The second-order valence-electron chi connectivity index (χ2n) is 9.07. The van der Waals surface area contributed by atoms with Crippen LogP contribution in [0.15, 0.2) is 0 Å². The van der Waals surface area contributed by atoms with Gasteiger partial charge in [-0.1, -0.05) is 34.1 Å². The molecule has 2 rings (SSSR count). The first-order chi connectivity index (χ1) is 11.1. The standard InChI is InChI=1S/C20H34O4/c1-13(12-17(21)22)8-10-19(3)14(2)9-11-20(4)15(18(23)24)6-5-7-16(19)20/h13-16H,5-12H2,1-4H3,(H,21,22)(H,23,24)/t13-,14+,15-,16+,19-,20-/m0/s1. The summed E-state index contributed by atoms with van der Waals surface area (Å²) >= 11 is 0. The van der Waals surface area contributed by atoms with Crippen molar-refractivity contribution < 1.29 is 19.8 Å². The third-order valence-electron chi connectivity index (χ3n) is 7.61. The van der Waals surface area contributed by atoms with Crippen LogP contribution in [-0.4, -0.2) is 22.2 Å². The molecule has 0 unspecified atom stereocenters. The van der Waals surface area contributed by atoms with Crippen molar-refractivity contribution in [3.8, 4) is 0 Å². The van der Waals surface area contributed by atoms with Gasteiger partial charge in [0.25, 0.3) is 0 Å². The van der Waals surface area contributed by atoms with Gasteiger partial charge < -0.3 is 10.2 Å². The van der Waals surface area contributed by atoms with E-state index >= 15 is 0 Å². The molecule has 2 N–H and O–H groups in total. The van der Waals surface area contributed by atoms with E-state index in [-0.39, 0.29) is 29.1 Å². The fourth-order valence-electron chi connectivity index (χ4n) is 5.84. The molecule has 138 valence electrons. The minimum absolute atomic E-state index is 0.110. The van der Waals surface area contributed by atoms with Crippen molar-refractivity contribution in [3.05, 3.63) is 0 Å². The van der Waals surface area contributed by atoms with Crippen LogP contribution in [0.5, 0.6) is 0 Å². The second-order valence-corrected chi connectivity index (χ2v) is 9.07. The molecule has 0 bridgehead atoms. The number of carbonyl (C=O) groups is 2. The van der Waals surface area contributed by atoms with Gasteiger partial charge >= 0.3 is 11.9 Å². The molecule has 0 aromatic heterocycles. The lowest BCUT2D eigenvalue weighted by Gasteiger charge is -2.60. The molecule has 2 saturated carbocycles. The van der Waals surface area contributed by atoms with Crippen molar-refractivity contribution in [2.24, 2.45) is 34.5 Å². The SMILES string of the molecule is C[C@@H](CC[C@]1(C)[C@H]2CCC[C@@H](C(=O)O)[C@]2(C)CC[C@H]1C)CC(=O)O. The topological polar surface area (TPSA) is 74.6 Å². The van der Waals surface area contributed by atoms with Crippen LogP contribution in [0, 0.1) is 34.5 Å². The number of carboxylic acids is 2. The lowest BCUT2D eigenvalue weighted by atomic mass is 9.44. The van der Waals surface area contributed by atoms with Gasteiger partial charge in [0.2, 0.25) is 0 Å². The molecule has 0 heterocycles. The average Bonchev–Trinajstić information content (AvgIpc) is 2.48. The van der Waals surface area contributed by atoms with Crippen LogP contribution in [-0.2, 0) is 9.59 Å². The van der Waals surface area contributed by atoms with Gasteiger partial charge in [0, 0.05) is 6.42 Å². The van der Waals surface area contributed by atoms with Gasteiger partial charge in [0.1, 0.15) is 0 Å². The first-order valence-corrected chi connectivity index (χ1v) is 9.56. The molecule has 0 aromatic carbocycles. The molecule has 4 nitrogen and oxygen atoms in total. The van der Waals surface area contributed by atoms with E-state index in [1.807, 2.05) is 6.92 Å². The Bertz CT molecular complexity index is 488. The lowest BCUT2D eigenvalue weighted by Crippen LogP contribution is -2.54. The van der Waals surface area contributed by atoms with Crippen molar-refractivity contribution in [1.82, 2.24) is 0 Å². The Morgan fingerprint density at radius 3 is 2.42 bits per heavy atom. The fraction of sp³-hybridized carbons (Fsp3) is 0.900. The highest BCUT2D eigenvalue weighted by Crippen LogP contribution is 2.63. The molecule has 0 amide bonds. The van der Waals surface area contributed by atoms with Gasteiger partial charge in [-0.25, -0.2) is 0 Å². The van der Waals surface area contributed by atoms with Crippen LogP contribution < -0.4 is 0 Å². The van der Waals surface area contributed by atoms with E-state index in [0.29, 0.717) is 11.8 Å². The summed E-state index contributed by atoms with van der Waals surface area (Å²) in [7, 11) is 0. The maximum absolute atomic E-state index is 11.8. The monoisotopic (exact) mass is 338 g/mol. The molecule has 0 spiro atoms. The van der Waals surface area contributed by atoms with Crippen LogP contribution in [0.1, 0.15) is 79.1 Å². The fourth-order valence-corrected chi connectivity index (χ4v) is 5.84. The van der Waals surface area contributed by atoms with Crippen molar-refractivity contribution in [2.45, 2.75) is 79.1 Å². The molecule has 0 saturated heterocycles. The van der Waals surface area contributed by atoms with Crippen LogP contribution in [0.4, 0.5) is 0 Å². The van der Waals surface area contributed by atoms with Crippen molar-refractivity contribution in [3.63, 3.8) is 0 Å². The summed E-state index contributed by atoms with van der Waals surface area (Å²) < 4.78 is 0. The normalized spacial score (nSPS) is 40.6. The molecule has 0 aromatic rings. The van der Waals surface area contributed by atoms with Gasteiger partial charge in [0.05, 0.1) is 5.92 Å². The van der Waals surface area contributed by atoms with Crippen LogP contribution in [0.2, 0.25) is 0 Å². The van der Waals surface area contributed by atoms with E-state index in [0.717, 1.165) is 44.9 Å². The lowest BCUT2D eigenvalue weighted by molar-refractivity contribution is -0.164. The van der Waals surface area contributed by atoms with Crippen LogP contribution >= 0.6 is 0 Å². The molecule has 6 atom stereocenters. The van der Waals surface area contributed by atoms with Gasteiger partial charge in [-0.15, -0.1) is 0 Å². The first kappa shape index (κ1) is 19.3. The van der Waals surface area contributed by atoms with Gasteiger partial charge in [0.15, 0.2) is 0 Å². The molecular weight excluding hydrogens is 304 g/mol. The summed E-state index contributed by atoms with van der Waals surface area (Å²) in [4.78, 5) is 22.8. The summed E-state index contributed by atoms with van der Waals surface area (Å²) in [6, 6.07) is 0. The molecule has 0 aliphatic heterocycles. The minimum atomic E-state index is -0.724. The smallest absolute Gasteiger partial charge is 0.307 e. The van der Waals surface area contributed by atoms with Gasteiger partial charge in [-0.3, -0.25) is 9.59 Å². The Morgan fingerprint density at radius 2 is 1.83 bits per heavy atom. The zero-order chi connectivity index (χ0) is 18.1. The molecule has 0 radical (unpaired) electrons. The number of hydrogen-bond acceptors (Lipinski definition) is 2. The quantitative estimate of drug-likeness (QED) is 0.728. The number of fused-ring (bicyclic) bond motifs is 1. The van der Waals surface area contributed by atoms with Crippen LogP contribution in [0.3, 0.4) is 0 Å². The summed E-state index contributed by atoms with van der Waals surface area (Å²) in [6.07, 6.45) is 7.17. The largest absolute Gasteiger partial charge is 0.481 e. The summed E-state index contributed by atoms with van der Waals surface area (Å²) in [6.45, 7) is 8.88. The third-order valence-corrected chi connectivity index (χ3v) is 7.61. The Balaban J connectivity index is 2.20. The first-order valence-electron chi connectivity index (χ1n) is 9.56. The predicted octanol–water partition coefficient (Wildman–Crippen LogP) is 4.82. The highest BCUT2D eigenvalue weighted by atomic mass is 16.4. The van der Waals surface area contributed by atoms with Crippen molar-refractivity contribution in [1.29, 1.82) is 0 Å². The van der Waals surface area contributed by atoms with E-state index < -0.39 is 11.9 Å². The molecule has 2 aliphatic carbocycles. The van der Waals surface area contributed by atoms with Gasteiger partial charge in [-0.05, 0) is 67.1 Å². The highest BCUT2D eigenvalue weighted by Gasteiger charge is 2.57. The van der Waals surface area contributed by atoms with Crippen molar-refractivity contribution in [2.75, 3.05) is 0 Å². The average molecular weight is 338 g/mol. The molecule has 24 heavy (non-hydrogen) atoms. The number of aliphatic carboxylic acids is 2. The highest BCUT2D eigenvalue weighted by molar-refractivity contribution is 5.71. The summed E-state index contributed by atoms with van der Waals surface area (Å²) in [5, 5.41) is 18.7. The molecule has 2 fully saturated rings. The van der Waals surface area contributed by atoms with Crippen LogP contribution in [0.25, 0.3) is 0 Å². The Kier molecular flexibility index (Phi) is 5.66. The van der Waals surface area contributed by atoms with E-state index in [1.54, 1.807) is 0 Å². The Morgan fingerprint density at radius 1 is 1.17 bits per heavy atom. The summed E-state index contributed by atoms with van der Waals surface area (Å²) in [5.74, 6) is -0.394. The zero-order valence-corrected chi connectivity index (χ0v) is 15.7. The molecular formula is C20H34O4. The summed E-state index contributed by atoms with van der Waals surface area (Å²) in [5.41, 5.74) is 0.00919. The molecule has 2 aliphatic rings. The Hall–Kier alpha value is -1.06.